The fraction of sp³-hybridized carbons (Fsp3) is 0.333. The molecule has 0 aliphatic carbocycles. The summed E-state index contributed by atoms with van der Waals surface area (Å²) in [6, 6.07) is 5.58. The first-order chi connectivity index (χ1) is 8.20. The minimum Gasteiger partial charge on any atom is -0.322 e. The highest BCUT2D eigenvalue weighted by Crippen LogP contribution is 2.16. The van der Waals surface area contributed by atoms with Crippen LogP contribution >= 0.6 is 0 Å². The zero-order chi connectivity index (χ0) is 12.3. The van der Waals surface area contributed by atoms with Gasteiger partial charge in [0.15, 0.2) is 0 Å². The van der Waals surface area contributed by atoms with Gasteiger partial charge in [-0.15, -0.1) is 0 Å². The molecule has 17 heavy (non-hydrogen) atoms. The zero-order valence-electron chi connectivity index (χ0n) is 9.16. The van der Waals surface area contributed by atoms with E-state index in [0.717, 1.165) is 25.5 Å². The average molecular weight is 233 g/mol. The third-order valence-electron chi connectivity index (χ3n) is 2.73. The normalized spacial score (nSPS) is 18.7. The minimum atomic E-state index is -0.588. The van der Waals surface area contributed by atoms with Gasteiger partial charge in [0.05, 0.1) is 23.4 Å². The van der Waals surface area contributed by atoms with Crippen molar-refractivity contribution in [3.05, 3.63) is 29.6 Å². The van der Waals surface area contributed by atoms with Crippen molar-refractivity contribution < 1.29 is 9.18 Å². The molecule has 1 aromatic carbocycles. The Morgan fingerprint density at radius 2 is 2.41 bits per heavy atom. The van der Waals surface area contributed by atoms with Crippen LogP contribution in [0, 0.1) is 17.1 Å². The van der Waals surface area contributed by atoms with Gasteiger partial charge in [0.25, 0.3) is 0 Å². The predicted octanol–water partition coefficient (Wildman–Crippen LogP) is 1.39. The Kier molecular flexibility index (Phi) is 3.35. The molecule has 0 saturated carbocycles. The van der Waals surface area contributed by atoms with Crippen LogP contribution in [0.5, 0.6) is 0 Å². The summed E-state index contributed by atoms with van der Waals surface area (Å²) in [5.41, 5.74) is 0.349. The first kappa shape index (κ1) is 11.6. The van der Waals surface area contributed by atoms with E-state index < -0.39 is 5.82 Å². The number of hydrogen-bond donors (Lipinski definition) is 2. The molecule has 1 atom stereocenters. The topological polar surface area (TPSA) is 64.9 Å². The quantitative estimate of drug-likeness (QED) is 0.811. The molecule has 2 rings (SSSR count). The Balaban J connectivity index is 2.08. The summed E-state index contributed by atoms with van der Waals surface area (Å²) in [6.45, 7) is 0.813. The van der Waals surface area contributed by atoms with Crippen molar-refractivity contribution in [1.82, 2.24) is 5.32 Å². The van der Waals surface area contributed by atoms with E-state index in [-0.39, 0.29) is 23.2 Å². The molecule has 0 spiro atoms. The predicted molar refractivity (Wildman–Crippen MR) is 60.8 cm³/mol. The van der Waals surface area contributed by atoms with E-state index in [4.69, 9.17) is 5.26 Å². The van der Waals surface area contributed by atoms with Gasteiger partial charge < -0.3 is 10.6 Å². The Labute approximate surface area is 98.4 Å². The van der Waals surface area contributed by atoms with Crippen LogP contribution < -0.4 is 10.6 Å². The number of nitrogens with zero attached hydrogens (tertiary/aromatic N) is 1. The molecule has 1 heterocycles. The van der Waals surface area contributed by atoms with Gasteiger partial charge in [0.2, 0.25) is 5.91 Å². The lowest BCUT2D eigenvalue weighted by molar-refractivity contribution is -0.117. The largest absolute Gasteiger partial charge is 0.322 e. The van der Waals surface area contributed by atoms with Crippen molar-refractivity contribution in [3.63, 3.8) is 0 Å². The summed E-state index contributed by atoms with van der Waals surface area (Å²) in [4.78, 5) is 11.7. The van der Waals surface area contributed by atoms with E-state index in [1.807, 2.05) is 6.07 Å². The Morgan fingerprint density at radius 1 is 1.59 bits per heavy atom. The summed E-state index contributed by atoms with van der Waals surface area (Å²) in [5.74, 6) is -0.818. The van der Waals surface area contributed by atoms with Crippen LogP contribution in [0.4, 0.5) is 10.1 Å². The molecule has 5 heteroatoms. The Hall–Kier alpha value is -1.93. The minimum absolute atomic E-state index is 0.114. The lowest BCUT2D eigenvalue weighted by Gasteiger charge is -2.11. The number of carbonyl (C=O) groups is 1. The zero-order valence-corrected chi connectivity index (χ0v) is 9.16. The fourth-order valence-corrected chi connectivity index (χ4v) is 1.81. The maximum absolute atomic E-state index is 13.5. The van der Waals surface area contributed by atoms with Gasteiger partial charge in [-0.1, -0.05) is 0 Å². The fourth-order valence-electron chi connectivity index (χ4n) is 1.81. The summed E-state index contributed by atoms with van der Waals surface area (Å²) in [5, 5.41) is 14.1. The van der Waals surface area contributed by atoms with Crippen molar-refractivity contribution in [3.8, 4) is 6.07 Å². The number of nitrogens with one attached hydrogen (secondary N) is 2. The summed E-state index contributed by atoms with van der Waals surface area (Å²) in [6.07, 6.45) is 1.72. The number of anilines is 1. The monoisotopic (exact) mass is 233 g/mol. The van der Waals surface area contributed by atoms with Gasteiger partial charge in [-0.3, -0.25) is 4.79 Å². The van der Waals surface area contributed by atoms with Crippen molar-refractivity contribution in [2.24, 2.45) is 0 Å². The van der Waals surface area contributed by atoms with E-state index in [2.05, 4.69) is 10.6 Å². The second kappa shape index (κ2) is 4.93. The number of rotatable bonds is 2. The maximum atomic E-state index is 13.5. The third-order valence-corrected chi connectivity index (χ3v) is 2.73. The molecule has 0 radical (unpaired) electrons. The van der Waals surface area contributed by atoms with Gasteiger partial charge in [-0.25, -0.2) is 4.39 Å². The Morgan fingerprint density at radius 3 is 3.00 bits per heavy atom. The summed E-state index contributed by atoms with van der Waals surface area (Å²) < 4.78 is 13.5. The number of hydrogen-bond acceptors (Lipinski definition) is 3. The van der Waals surface area contributed by atoms with Crippen molar-refractivity contribution in [1.29, 1.82) is 5.26 Å². The first-order valence-corrected chi connectivity index (χ1v) is 5.44. The molecule has 1 aliphatic rings. The van der Waals surface area contributed by atoms with Gasteiger partial charge in [-0.05, 0) is 37.6 Å². The van der Waals surface area contributed by atoms with Crippen LogP contribution in [0.15, 0.2) is 18.2 Å². The van der Waals surface area contributed by atoms with Gasteiger partial charge in [0, 0.05) is 0 Å². The van der Waals surface area contributed by atoms with E-state index in [0.29, 0.717) is 0 Å². The van der Waals surface area contributed by atoms with Crippen LogP contribution in [-0.2, 0) is 4.79 Å². The van der Waals surface area contributed by atoms with Crippen LogP contribution in [-0.4, -0.2) is 18.5 Å². The van der Waals surface area contributed by atoms with Crippen LogP contribution in [0.3, 0.4) is 0 Å². The molecule has 0 unspecified atom stereocenters. The Bertz CT molecular complexity index is 475. The van der Waals surface area contributed by atoms with E-state index in [1.165, 1.54) is 12.1 Å². The lowest BCUT2D eigenvalue weighted by Crippen LogP contribution is -2.35. The molecular weight excluding hydrogens is 221 g/mol. The lowest BCUT2D eigenvalue weighted by atomic mass is 10.2. The molecule has 2 N–H and O–H groups in total. The van der Waals surface area contributed by atoms with Gasteiger partial charge in [-0.2, -0.15) is 5.26 Å². The summed E-state index contributed by atoms with van der Waals surface area (Å²) in [7, 11) is 0. The second-order valence-electron chi connectivity index (χ2n) is 3.94. The molecule has 1 aliphatic heterocycles. The third kappa shape index (κ3) is 2.60. The van der Waals surface area contributed by atoms with E-state index >= 15 is 0 Å². The van der Waals surface area contributed by atoms with Crippen molar-refractivity contribution >= 4 is 11.6 Å². The highest BCUT2D eigenvalue weighted by molar-refractivity contribution is 5.95. The van der Waals surface area contributed by atoms with Gasteiger partial charge in [0.1, 0.15) is 5.82 Å². The molecule has 88 valence electrons. The molecule has 1 saturated heterocycles. The highest BCUT2D eigenvalue weighted by atomic mass is 19.1. The molecule has 0 aromatic heterocycles. The molecule has 0 bridgehead atoms. The van der Waals surface area contributed by atoms with Crippen LogP contribution in [0.2, 0.25) is 0 Å². The number of carbonyl (C=O) groups excluding carboxylic acids is 1. The molecular formula is C12H12FN3O. The van der Waals surface area contributed by atoms with Crippen molar-refractivity contribution in [2.45, 2.75) is 18.9 Å². The standard InChI is InChI=1S/C12H12FN3O/c13-9-6-8(7-14)3-4-10(9)16-12(17)11-2-1-5-15-11/h3-4,6,11,15H,1-2,5H2,(H,16,17)/t11-/m1/s1. The molecule has 1 fully saturated rings. The van der Waals surface area contributed by atoms with E-state index in [9.17, 15) is 9.18 Å². The van der Waals surface area contributed by atoms with Crippen LogP contribution in [0.1, 0.15) is 18.4 Å². The second-order valence-corrected chi connectivity index (χ2v) is 3.94. The SMILES string of the molecule is N#Cc1ccc(NC(=O)[C@H]2CCCN2)c(F)c1. The highest BCUT2D eigenvalue weighted by Gasteiger charge is 2.22. The van der Waals surface area contributed by atoms with E-state index in [1.54, 1.807) is 0 Å². The smallest absolute Gasteiger partial charge is 0.241 e. The average Bonchev–Trinajstić information content (AvgIpc) is 2.85. The molecule has 1 amide bonds. The summed E-state index contributed by atoms with van der Waals surface area (Å²) >= 11 is 0. The first-order valence-electron chi connectivity index (χ1n) is 5.44. The number of amides is 1. The van der Waals surface area contributed by atoms with Crippen LogP contribution in [0.25, 0.3) is 0 Å². The number of benzene rings is 1. The van der Waals surface area contributed by atoms with Crippen molar-refractivity contribution in [2.75, 3.05) is 11.9 Å². The van der Waals surface area contributed by atoms with Gasteiger partial charge >= 0.3 is 0 Å². The molecule has 4 nitrogen and oxygen atoms in total. The number of nitriles is 1. The number of halogens is 1. The maximum Gasteiger partial charge on any atom is 0.241 e. The molecule has 1 aromatic rings.